The summed E-state index contributed by atoms with van der Waals surface area (Å²) in [6.07, 6.45) is 21.2. The minimum Gasteiger partial charge on any atom is -0.359 e. The summed E-state index contributed by atoms with van der Waals surface area (Å²) < 4.78 is 58.6. The summed E-state index contributed by atoms with van der Waals surface area (Å²) in [4.78, 5) is 13.6. The van der Waals surface area contributed by atoms with E-state index in [1.165, 1.54) is 131 Å². The van der Waals surface area contributed by atoms with Crippen LogP contribution in [0.1, 0.15) is 109 Å². The number of nitrogens with one attached hydrogen (secondary N) is 4. The van der Waals surface area contributed by atoms with Gasteiger partial charge in [-0.2, -0.15) is 14.3 Å². The van der Waals surface area contributed by atoms with Crippen LogP contribution in [0.25, 0.3) is 0 Å². The highest BCUT2D eigenvalue weighted by molar-refractivity contribution is 8.13. The van der Waals surface area contributed by atoms with Gasteiger partial charge in [0.1, 0.15) is 6.73 Å². The van der Waals surface area contributed by atoms with Gasteiger partial charge in [-0.25, -0.2) is 26.6 Å². The van der Waals surface area contributed by atoms with Crippen LogP contribution in [0.5, 0.6) is 0 Å². The van der Waals surface area contributed by atoms with Crippen molar-refractivity contribution in [1.29, 1.82) is 0 Å². The number of ether oxygens (including phenoxy) is 1. The maximum absolute atomic E-state index is 13.0. The Morgan fingerprint density at radius 3 is 1.66 bits per heavy atom. The molecule has 71 heavy (non-hydrogen) atoms. The molecule has 0 unspecified atom stereocenters. The molecule has 2 aromatic carbocycles. The number of hydrogen-bond donors (Lipinski definition) is 4. The molecule has 0 spiro atoms. The molecule has 0 radical (unpaired) electrons. The predicted molar refractivity (Wildman–Crippen MR) is 281 cm³/mol. The third kappa shape index (κ3) is 11.8. The lowest BCUT2D eigenvalue weighted by Gasteiger charge is -2.45. The van der Waals surface area contributed by atoms with Gasteiger partial charge in [-0.15, -0.1) is 10.2 Å². The first-order chi connectivity index (χ1) is 34.2. The molecule has 4 saturated heterocycles. The van der Waals surface area contributed by atoms with E-state index in [4.69, 9.17) is 15.4 Å². The fourth-order valence-corrected chi connectivity index (χ4v) is 14.5. The molecule has 0 atom stereocenters. The van der Waals surface area contributed by atoms with Crippen LogP contribution < -0.4 is 16.0 Å². The van der Waals surface area contributed by atoms with E-state index in [0.717, 1.165) is 101 Å². The summed E-state index contributed by atoms with van der Waals surface area (Å²) >= 11 is 0. The van der Waals surface area contributed by atoms with Crippen molar-refractivity contribution < 1.29 is 21.6 Å². The van der Waals surface area contributed by atoms with Gasteiger partial charge < -0.3 is 20.7 Å². The number of halogens is 1. The largest absolute Gasteiger partial charge is 0.359 e. The van der Waals surface area contributed by atoms with Crippen molar-refractivity contribution in [1.82, 2.24) is 49.4 Å². The molecular formula is C50H75ClN12O5S2Si. The average Bonchev–Trinajstić information content (AvgIpc) is 4.17. The van der Waals surface area contributed by atoms with E-state index in [0.29, 0.717) is 37.6 Å². The lowest BCUT2D eigenvalue weighted by atomic mass is 9.99. The molecule has 2 aromatic heterocycles. The van der Waals surface area contributed by atoms with E-state index in [9.17, 15) is 16.8 Å². The Morgan fingerprint density at radius 2 is 1.18 bits per heavy atom. The van der Waals surface area contributed by atoms with E-state index < -0.39 is 32.3 Å². The molecule has 4 aromatic rings. The Kier molecular flexibility index (Phi) is 15.7. The quantitative estimate of drug-likeness (QED) is 0.0569. The first kappa shape index (κ1) is 51.0. The summed E-state index contributed by atoms with van der Waals surface area (Å²) in [5, 5.41) is 20.7. The molecule has 8 aliphatic rings. The second-order valence-corrected chi connectivity index (χ2v) is 32.1. The Balaban J connectivity index is 0.000000137. The summed E-state index contributed by atoms with van der Waals surface area (Å²) in [7, 11) is -3.36. The van der Waals surface area contributed by atoms with Gasteiger partial charge in [0.25, 0.3) is 29.4 Å². The van der Waals surface area contributed by atoms with E-state index in [1.54, 1.807) is 0 Å². The first-order valence-electron chi connectivity index (χ1n) is 26.6. The lowest BCUT2D eigenvalue weighted by Crippen LogP contribution is -2.61. The Hall–Kier alpha value is -3.47. The number of fused-ring (bicyclic) bond motifs is 4. The summed E-state index contributed by atoms with van der Waals surface area (Å²) in [6.45, 7) is 16.0. The molecule has 0 saturated carbocycles. The van der Waals surface area contributed by atoms with Crippen molar-refractivity contribution in [2.75, 3.05) is 69.6 Å². The minimum atomic E-state index is -4.03. The number of anilines is 4. The second kappa shape index (κ2) is 21.8. The number of nitrogens with zero attached hydrogens (tertiary/aromatic N) is 8. The van der Waals surface area contributed by atoms with E-state index in [-0.39, 0.29) is 11.9 Å². The number of aromatic nitrogens is 6. The molecule has 6 heterocycles. The summed E-state index contributed by atoms with van der Waals surface area (Å²) in [5.41, 5.74) is 13.2. The molecule has 0 bridgehead atoms. The molecule has 4 fully saturated rings. The highest BCUT2D eigenvalue weighted by atomic mass is 35.7. The van der Waals surface area contributed by atoms with Crippen LogP contribution in [-0.4, -0.2) is 140 Å². The standard InChI is InChI=1S/C22H30N6O2S.C20H29ClN4O3SSi.C8H16N2/c29-31(30,28-13-17(14-28)27-10-2-1-3-11-27)22-24-21(25-26-22)23-20-18-8-4-6-15(18)12-16-7-5-9-19(16)20;1-30(2,3)11-10-28-13-25-19(23-20(24-25)29(21,26)27)22-18-16-8-4-6-14(16)12-15-7-5-9-17(15)18;1-2-4-10(5-3-1)8-6-9-7-8/h12,17H,1-11,13-14H2,(H2,23,24,25,26);12H,4-11,13H2,1-3H3,(H,22,23,24);8-9H,1-7H2. The van der Waals surface area contributed by atoms with Crippen molar-refractivity contribution in [2.45, 2.75) is 170 Å². The smallest absolute Gasteiger partial charge is 0.298 e. The van der Waals surface area contributed by atoms with Crippen LogP contribution in [0, 0.1) is 0 Å². The van der Waals surface area contributed by atoms with Crippen molar-refractivity contribution in [3.05, 3.63) is 56.6 Å². The Labute approximate surface area is 426 Å². The van der Waals surface area contributed by atoms with Crippen LogP contribution in [0.3, 0.4) is 0 Å². The van der Waals surface area contributed by atoms with Crippen LogP contribution in [-0.2, 0) is 81.9 Å². The number of H-pyrrole nitrogens is 1. The Bertz CT molecular complexity index is 2700. The van der Waals surface area contributed by atoms with Crippen LogP contribution in [0.15, 0.2) is 22.4 Å². The summed E-state index contributed by atoms with van der Waals surface area (Å²) in [5.74, 6) is 0.706. The molecule has 4 aliphatic carbocycles. The van der Waals surface area contributed by atoms with Gasteiger partial charge in [0.15, 0.2) is 0 Å². The number of rotatable bonds is 14. The molecule has 388 valence electrons. The number of aromatic amines is 1. The number of sulfonamides is 1. The maximum atomic E-state index is 13.0. The van der Waals surface area contributed by atoms with Gasteiger partial charge in [-0.3, -0.25) is 9.80 Å². The SMILES string of the molecule is C1CCN(C2CNC2)CC1.C[Si](C)(C)CCOCn1nc(S(=O)(=O)Cl)nc1Nc1c2c(cc3c1CCC3)CCC2.O=S(=O)(c1nc(Nc2c3c(cc4c2CCC4)CCC3)n[nH]1)N1CC(N2CCCCC2)C1. The van der Waals surface area contributed by atoms with E-state index in [2.05, 4.69) is 82.8 Å². The third-order valence-corrected chi connectivity index (χ3v) is 20.3. The zero-order valence-electron chi connectivity index (χ0n) is 42.1. The number of hydrogen-bond acceptors (Lipinski definition) is 14. The molecule has 17 nitrogen and oxygen atoms in total. The summed E-state index contributed by atoms with van der Waals surface area (Å²) in [6, 6.07) is 6.98. The van der Waals surface area contributed by atoms with Gasteiger partial charge >= 0.3 is 0 Å². The number of aryl methyl sites for hydroxylation is 4. The minimum absolute atomic E-state index is 0.0590. The monoisotopic (exact) mass is 1050 g/mol. The van der Waals surface area contributed by atoms with Crippen LogP contribution in [0.2, 0.25) is 25.7 Å². The fourth-order valence-electron chi connectivity index (χ4n) is 11.8. The number of piperidine rings is 2. The zero-order valence-corrected chi connectivity index (χ0v) is 45.5. The van der Waals surface area contributed by atoms with Crippen molar-refractivity contribution in [2.24, 2.45) is 0 Å². The molecule has 0 amide bonds. The van der Waals surface area contributed by atoms with Gasteiger partial charge in [-0.05, 0) is 179 Å². The normalized spacial score (nSPS) is 20.7. The van der Waals surface area contributed by atoms with Gasteiger partial charge in [0.05, 0.1) is 0 Å². The topological polar surface area (TPSA) is 196 Å². The third-order valence-electron chi connectivity index (χ3n) is 16.0. The van der Waals surface area contributed by atoms with E-state index in [1.807, 2.05) is 0 Å². The molecule has 21 heteroatoms. The lowest BCUT2D eigenvalue weighted by molar-refractivity contribution is 0.0714. The second-order valence-electron chi connectivity index (χ2n) is 22.2. The molecule has 4 N–H and O–H groups in total. The zero-order chi connectivity index (χ0) is 49.3. The fraction of sp³-hybridized carbons (Fsp3) is 0.680. The van der Waals surface area contributed by atoms with Gasteiger partial charge in [-0.1, -0.05) is 44.6 Å². The maximum Gasteiger partial charge on any atom is 0.298 e. The number of benzene rings is 2. The average molecular weight is 1050 g/mol. The van der Waals surface area contributed by atoms with Crippen LogP contribution in [0.4, 0.5) is 23.3 Å². The highest BCUT2D eigenvalue weighted by Gasteiger charge is 2.41. The van der Waals surface area contributed by atoms with Crippen molar-refractivity contribution >= 4 is 61.1 Å². The van der Waals surface area contributed by atoms with Crippen molar-refractivity contribution in [3.63, 3.8) is 0 Å². The first-order valence-corrected chi connectivity index (χ1v) is 34.1. The highest BCUT2D eigenvalue weighted by Crippen LogP contribution is 2.41. The predicted octanol–water partition coefficient (Wildman–Crippen LogP) is 7.07. The van der Waals surface area contributed by atoms with Gasteiger partial charge in [0, 0.05) is 75.0 Å². The van der Waals surface area contributed by atoms with Gasteiger partial charge in [0.2, 0.25) is 11.9 Å². The van der Waals surface area contributed by atoms with Crippen molar-refractivity contribution in [3.8, 4) is 0 Å². The van der Waals surface area contributed by atoms with E-state index >= 15 is 0 Å². The Morgan fingerprint density at radius 1 is 0.676 bits per heavy atom. The molecular weight excluding hydrogens is 976 g/mol. The molecule has 12 rings (SSSR count). The molecule has 4 aliphatic heterocycles. The van der Waals surface area contributed by atoms with Crippen LogP contribution >= 0.6 is 10.7 Å². The number of likely N-dealkylation sites (tertiary alicyclic amines) is 2.